The third kappa shape index (κ3) is 3.97. The molecule has 23 heavy (non-hydrogen) atoms. The molecular formula is C17H19N3O3. The van der Waals surface area contributed by atoms with Gasteiger partial charge in [0, 0.05) is 25.4 Å². The third-order valence-corrected chi connectivity index (χ3v) is 3.77. The first-order chi connectivity index (χ1) is 11.2. The molecule has 1 aromatic carbocycles. The second kappa shape index (κ2) is 7.09. The molecule has 2 heterocycles. The average Bonchev–Trinajstić information content (AvgIpc) is 3.03. The molecule has 1 aromatic heterocycles. The Morgan fingerprint density at radius 3 is 3.00 bits per heavy atom. The SMILES string of the molecule is Cc1ccccc1OCC(=O)N1CCC(Oc2cnccn2)C1. The molecule has 1 saturated heterocycles. The van der Waals surface area contributed by atoms with E-state index in [0.29, 0.717) is 19.0 Å². The van der Waals surface area contributed by atoms with E-state index < -0.39 is 0 Å². The van der Waals surface area contributed by atoms with E-state index in [0.717, 1.165) is 17.7 Å². The van der Waals surface area contributed by atoms with Gasteiger partial charge in [-0.25, -0.2) is 4.98 Å². The topological polar surface area (TPSA) is 64.5 Å². The number of rotatable bonds is 5. The minimum atomic E-state index is -0.0471. The minimum absolute atomic E-state index is 0.0292. The second-order valence-corrected chi connectivity index (χ2v) is 5.47. The normalized spacial score (nSPS) is 17.1. The van der Waals surface area contributed by atoms with Gasteiger partial charge in [-0.05, 0) is 18.6 Å². The van der Waals surface area contributed by atoms with Crippen LogP contribution in [0.3, 0.4) is 0 Å². The standard InChI is InChI=1S/C17H19N3O3/c1-13-4-2-3-5-15(13)22-12-17(21)20-9-6-14(11-20)23-16-10-18-7-8-19-16/h2-5,7-8,10,14H,6,9,11-12H2,1H3. The lowest BCUT2D eigenvalue weighted by Gasteiger charge is -2.17. The van der Waals surface area contributed by atoms with Gasteiger partial charge in [-0.3, -0.25) is 9.78 Å². The van der Waals surface area contributed by atoms with Gasteiger partial charge in [-0.1, -0.05) is 18.2 Å². The van der Waals surface area contributed by atoms with Gasteiger partial charge in [-0.2, -0.15) is 0 Å². The van der Waals surface area contributed by atoms with Gasteiger partial charge in [0.05, 0.1) is 12.7 Å². The predicted molar refractivity (Wildman–Crippen MR) is 84.3 cm³/mol. The molecule has 1 atom stereocenters. The minimum Gasteiger partial charge on any atom is -0.484 e. The largest absolute Gasteiger partial charge is 0.484 e. The Bertz CT molecular complexity index is 663. The summed E-state index contributed by atoms with van der Waals surface area (Å²) in [5.74, 6) is 1.20. The average molecular weight is 313 g/mol. The summed E-state index contributed by atoms with van der Waals surface area (Å²) in [5.41, 5.74) is 1.02. The number of nitrogens with zero attached hydrogens (tertiary/aromatic N) is 3. The van der Waals surface area contributed by atoms with E-state index in [9.17, 15) is 4.79 Å². The molecule has 0 spiro atoms. The molecule has 3 rings (SSSR count). The van der Waals surface area contributed by atoms with E-state index in [1.54, 1.807) is 23.5 Å². The van der Waals surface area contributed by atoms with Crippen LogP contribution in [0.2, 0.25) is 0 Å². The molecule has 1 amide bonds. The van der Waals surface area contributed by atoms with Crippen molar-refractivity contribution in [1.82, 2.24) is 14.9 Å². The molecular weight excluding hydrogens is 294 g/mol. The zero-order valence-corrected chi connectivity index (χ0v) is 13.0. The van der Waals surface area contributed by atoms with Gasteiger partial charge in [0.25, 0.3) is 5.91 Å². The summed E-state index contributed by atoms with van der Waals surface area (Å²) >= 11 is 0. The number of amides is 1. The molecule has 1 unspecified atom stereocenters. The molecule has 1 aliphatic heterocycles. The highest BCUT2D eigenvalue weighted by Gasteiger charge is 2.28. The van der Waals surface area contributed by atoms with Crippen LogP contribution in [0.1, 0.15) is 12.0 Å². The predicted octanol–water partition coefficient (Wildman–Crippen LogP) is 1.84. The Morgan fingerprint density at radius 1 is 1.35 bits per heavy atom. The van der Waals surface area contributed by atoms with Crippen LogP contribution in [0.15, 0.2) is 42.9 Å². The van der Waals surface area contributed by atoms with Gasteiger partial charge < -0.3 is 14.4 Å². The first kappa shape index (κ1) is 15.3. The molecule has 120 valence electrons. The fraction of sp³-hybridized carbons (Fsp3) is 0.353. The monoisotopic (exact) mass is 313 g/mol. The number of ether oxygens (including phenoxy) is 2. The Hall–Kier alpha value is -2.63. The van der Waals surface area contributed by atoms with Crippen molar-refractivity contribution in [2.75, 3.05) is 19.7 Å². The van der Waals surface area contributed by atoms with E-state index in [-0.39, 0.29) is 18.6 Å². The molecule has 0 N–H and O–H groups in total. The van der Waals surface area contributed by atoms with Crippen LogP contribution >= 0.6 is 0 Å². The fourth-order valence-electron chi connectivity index (χ4n) is 2.52. The maximum atomic E-state index is 12.2. The van der Waals surface area contributed by atoms with Crippen LogP contribution in [0.5, 0.6) is 11.6 Å². The Morgan fingerprint density at radius 2 is 2.22 bits per heavy atom. The molecule has 0 radical (unpaired) electrons. The maximum Gasteiger partial charge on any atom is 0.260 e. The molecule has 1 fully saturated rings. The second-order valence-electron chi connectivity index (χ2n) is 5.47. The summed E-state index contributed by atoms with van der Waals surface area (Å²) in [6.07, 6.45) is 5.50. The van der Waals surface area contributed by atoms with Crippen molar-refractivity contribution in [3.63, 3.8) is 0 Å². The van der Waals surface area contributed by atoms with Crippen LogP contribution in [-0.2, 0) is 4.79 Å². The molecule has 0 bridgehead atoms. The summed E-state index contributed by atoms with van der Waals surface area (Å²) < 4.78 is 11.3. The van der Waals surface area contributed by atoms with E-state index in [1.807, 2.05) is 31.2 Å². The lowest BCUT2D eigenvalue weighted by atomic mass is 10.2. The number of carbonyl (C=O) groups excluding carboxylic acids is 1. The molecule has 0 saturated carbocycles. The van der Waals surface area contributed by atoms with Crippen molar-refractivity contribution >= 4 is 5.91 Å². The van der Waals surface area contributed by atoms with Crippen molar-refractivity contribution in [3.05, 3.63) is 48.4 Å². The first-order valence-corrected chi connectivity index (χ1v) is 7.61. The molecule has 1 aliphatic rings. The number of likely N-dealkylation sites (tertiary alicyclic amines) is 1. The van der Waals surface area contributed by atoms with Crippen LogP contribution in [0.25, 0.3) is 0 Å². The van der Waals surface area contributed by atoms with Crippen molar-refractivity contribution in [2.24, 2.45) is 0 Å². The molecule has 6 heteroatoms. The highest BCUT2D eigenvalue weighted by Crippen LogP contribution is 2.18. The van der Waals surface area contributed by atoms with Crippen LogP contribution in [0.4, 0.5) is 0 Å². The van der Waals surface area contributed by atoms with Crippen molar-refractivity contribution < 1.29 is 14.3 Å². The molecule has 6 nitrogen and oxygen atoms in total. The summed E-state index contributed by atoms with van der Waals surface area (Å²) in [6.45, 7) is 3.22. The smallest absolute Gasteiger partial charge is 0.260 e. The summed E-state index contributed by atoms with van der Waals surface area (Å²) in [6, 6.07) is 7.67. The summed E-state index contributed by atoms with van der Waals surface area (Å²) in [4.78, 5) is 22.1. The number of benzene rings is 1. The Labute approximate surface area is 135 Å². The van der Waals surface area contributed by atoms with Gasteiger partial charge in [0.2, 0.25) is 5.88 Å². The van der Waals surface area contributed by atoms with Gasteiger partial charge >= 0.3 is 0 Å². The first-order valence-electron chi connectivity index (χ1n) is 7.61. The number of aryl methyl sites for hydroxylation is 1. The summed E-state index contributed by atoms with van der Waals surface area (Å²) in [5, 5.41) is 0. The summed E-state index contributed by atoms with van der Waals surface area (Å²) in [7, 11) is 0. The van der Waals surface area contributed by atoms with Crippen molar-refractivity contribution in [1.29, 1.82) is 0 Å². The van der Waals surface area contributed by atoms with E-state index in [4.69, 9.17) is 9.47 Å². The van der Waals surface area contributed by atoms with Gasteiger partial charge in [0.15, 0.2) is 6.61 Å². The lowest BCUT2D eigenvalue weighted by Crippen LogP contribution is -2.34. The molecule has 0 aliphatic carbocycles. The zero-order valence-electron chi connectivity index (χ0n) is 13.0. The van der Waals surface area contributed by atoms with Gasteiger partial charge in [0.1, 0.15) is 11.9 Å². The van der Waals surface area contributed by atoms with E-state index in [1.165, 1.54) is 0 Å². The van der Waals surface area contributed by atoms with Crippen LogP contribution in [0, 0.1) is 6.92 Å². The van der Waals surface area contributed by atoms with E-state index in [2.05, 4.69) is 9.97 Å². The fourth-order valence-corrected chi connectivity index (χ4v) is 2.52. The third-order valence-electron chi connectivity index (χ3n) is 3.77. The van der Waals surface area contributed by atoms with E-state index >= 15 is 0 Å². The van der Waals surface area contributed by atoms with Crippen molar-refractivity contribution in [3.8, 4) is 11.6 Å². The highest BCUT2D eigenvalue weighted by molar-refractivity contribution is 5.78. The number of hydrogen-bond donors (Lipinski definition) is 0. The number of carbonyl (C=O) groups is 1. The highest BCUT2D eigenvalue weighted by atomic mass is 16.5. The Balaban J connectivity index is 1.49. The number of para-hydroxylation sites is 1. The lowest BCUT2D eigenvalue weighted by molar-refractivity contribution is -0.132. The number of hydrogen-bond acceptors (Lipinski definition) is 5. The molecule has 2 aromatic rings. The van der Waals surface area contributed by atoms with Crippen molar-refractivity contribution in [2.45, 2.75) is 19.4 Å². The Kier molecular flexibility index (Phi) is 4.71. The van der Waals surface area contributed by atoms with Crippen LogP contribution in [-0.4, -0.2) is 46.6 Å². The quantitative estimate of drug-likeness (QED) is 0.843. The maximum absolute atomic E-state index is 12.2. The zero-order chi connectivity index (χ0) is 16.1. The van der Waals surface area contributed by atoms with Crippen LogP contribution < -0.4 is 9.47 Å². The number of aromatic nitrogens is 2. The van der Waals surface area contributed by atoms with Gasteiger partial charge in [-0.15, -0.1) is 0 Å².